The molecule has 0 bridgehead atoms. The van der Waals surface area contributed by atoms with E-state index in [0.717, 1.165) is 11.4 Å². The number of amides is 1. The summed E-state index contributed by atoms with van der Waals surface area (Å²) in [6.07, 6.45) is -1.91. The van der Waals surface area contributed by atoms with Gasteiger partial charge < -0.3 is 28.1 Å². The van der Waals surface area contributed by atoms with Gasteiger partial charge in [0, 0.05) is 19.2 Å². The Balaban J connectivity index is 1.95. The fourth-order valence-corrected chi connectivity index (χ4v) is 13.0. The standard InChI is InChI=1S/C33H55NO7Si2/c1-22(2)43(23(3)4,24(5)6)41-28-20-29(39-25(7)30(28)38-21-36-9)40-31-32(35)34(26-14-16-27(37-10)17-15-26)33(31,8)18-19-42(11,12)13/h14-17,22-25,28-31H,20-21H2,1-13H3/t25-,28+,29-,30-,31-,33+/m1/s1. The number of methoxy groups -OCH3 is 2. The lowest BCUT2D eigenvalue weighted by molar-refractivity contribution is -0.278. The van der Waals surface area contributed by atoms with Gasteiger partial charge in [0.15, 0.2) is 12.4 Å². The number of anilines is 1. The van der Waals surface area contributed by atoms with E-state index in [1.807, 2.05) is 38.1 Å². The maximum Gasteiger partial charge on any atom is 0.261 e. The van der Waals surface area contributed by atoms with Gasteiger partial charge in [-0.15, -0.1) is 5.54 Å². The van der Waals surface area contributed by atoms with E-state index >= 15 is 0 Å². The molecule has 2 fully saturated rings. The van der Waals surface area contributed by atoms with Crippen molar-refractivity contribution in [3.05, 3.63) is 24.3 Å². The van der Waals surface area contributed by atoms with Crippen molar-refractivity contribution in [3.8, 4) is 17.2 Å². The zero-order valence-electron chi connectivity index (χ0n) is 28.6. The summed E-state index contributed by atoms with van der Waals surface area (Å²) in [5.74, 6) is 4.05. The molecule has 2 heterocycles. The van der Waals surface area contributed by atoms with E-state index in [9.17, 15) is 4.79 Å². The van der Waals surface area contributed by atoms with E-state index in [4.69, 9.17) is 28.1 Å². The Morgan fingerprint density at radius 3 is 2.09 bits per heavy atom. The molecule has 0 saturated carbocycles. The number of β-lactam (4-membered cyclic amide) rings is 1. The molecule has 242 valence electrons. The molecule has 1 amide bonds. The highest BCUT2D eigenvalue weighted by Crippen LogP contribution is 2.46. The van der Waals surface area contributed by atoms with Crippen molar-refractivity contribution >= 4 is 28.0 Å². The van der Waals surface area contributed by atoms with Gasteiger partial charge in [0.05, 0.1) is 19.3 Å². The van der Waals surface area contributed by atoms with Crippen molar-refractivity contribution in [3.63, 3.8) is 0 Å². The Labute approximate surface area is 262 Å². The van der Waals surface area contributed by atoms with Crippen molar-refractivity contribution in [1.82, 2.24) is 0 Å². The Bertz CT molecular complexity index is 1120. The normalized spacial score (nSPS) is 28.2. The average molecular weight is 634 g/mol. The molecule has 0 N–H and O–H groups in total. The van der Waals surface area contributed by atoms with Gasteiger partial charge in [-0.05, 0) is 54.7 Å². The summed E-state index contributed by atoms with van der Waals surface area (Å²) >= 11 is 0. The molecular formula is C33H55NO7Si2. The lowest BCUT2D eigenvalue weighted by atomic mass is 9.82. The predicted octanol–water partition coefficient (Wildman–Crippen LogP) is 6.75. The van der Waals surface area contributed by atoms with Crippen molar-refractivity contribution in [1.29, 1.82) is 0 Å². The zero-order valence-corrected chi connectivity index (χ0v) is 30.6. The van der Waals surface area contributed by atoms with E-state index in [0.29, 0.717) is 23.0 Å². The number of rotatable bonds is 12. The van der Waals surface area contributed by atoms with Crippen LogP contribution in [-0.4, -0.2) is 79.6 Å². The molecule has 6 atom stereocenters. The van der Waals surface area contributed by atoms with Gasteiger partial charge in [-0.1, -0.05) is 67.1 Å². The number of hydrogen-bond donors (Lipinski definition) is 0. The van der Waals surface area contributed by atoms with Crippen LogP contribution in [0.25, 0.3) is 0 Å². The molecule has 1 aromatic carbocycles. The Morgan fingerprint density at radius 1 is 1.02 bits per heavy atom. The van der Waals surface area contributed by atoms with Crippen LogP contribution in [0.15, 0.2) is 24.3 Å². The second kappa shape index (κ2) is 14.1. The molecule has 1 aromatic rings. The van der Waals surface area contributed by atoms with Crippen LogP contribution in [0.2, 0.25) is 36.3 Å². The molecule has 0 aromatic heterocycles. The molecular weight excluding hydrogens is 579 g/mol. The van der Waals surface area contributed by atoms with E-state index in [1.165, 1.54) is 0 Å². The van der Waals surface area contributed by atoms with Crippen molar-refractivity contribution < 1.29 is 32.9 Å². The molecule has 8 nitrogen and oxygen atoms in total. The Morgan fingerprint density at radius 2 is 1.60 bits per heavy atom. The largest absolute Gasteiger partial charge is 0.497 e. The maximum atomic E-state index is 13.8. The second-order valence-corrected chi connectivity index (χ2v) is 24.2. The summed E-state index contributed by atoms with van der Waals surface area (Å²) < 4.78 is 37.0. The number of benzene rings is 1. The SMILES string of the molecule is COCO[C@H]1[C@@H](O[Si](C(C)C)(C(C)C)C(C)C)C[C@@H](O[C@@H]2C(=O)N(c3ccc(OC)cc3)[C@@]2(C)C#C[Si](C)(C)C)O[C@@H]1C. The molecule has 10 heteroatoms. The van der Waals surface area contributed by atoms with Crippen molar-refractivity contribution in [2.75, 3.05) is 25.9 Å². The fraction of sp³-hybridized carbons (Fsp3) is 0.727. The van der Waals surface area contributed by atoms with Gasteiger partial charge in [0.2, 0.25) is 8.32 Å². The summed E-state index contributed by atoms with van der Waals surface area (Å²) in [6, 6.07) is 7.48. The minimum absolute atomic E-state index is 0.140. The van der Waals surface area contributed by atoms with Crippen LogP contribution in [0, 0.1) is 11.5 Å². The fourth-order valence-electron chi connectivity index (χ4n) is 6.80. The Kier molecular flexibility index (Phi) is 11.8. The van der Waals surface area contributed by atoms with E-state index < -0.39 is 34.3 Å². The van der Waals surface area contributed by atoms with Crippen LogP contribution < -0.4 is 9.64 Å². The van der Waals surface area contributed by atoms with Crippen LogP contribution in [-0.2, 0) is 28.2 Å². The molecule has 0 aliphatic carbocycles. The molecule has 0 radical (unpaired) electrons. The highest BCUT2D eigenvalue weighted by Gasteiger charge is 2.60. The van der Waals surface area contributed by atoms with Crippen LogP contribution >= 0.6 is 0 Å². The van der Waals surface area contributed by atoms with Crippen LogP contribution in [0.4, 0.5) is 5.69 Å². The molecule has 0 spiro atoms. The smallest absolute Gasteiger partial charge is 0.261 e. The van der Waals surface area contributed by atoms with Gasteiger partial charge in [-0.2, -0.15) is 0 Å². The molecule has 2 saturated heterocycles. The zero-order chi connectivity index (χ0) is 32.3. The summed E-state index contributed by atoms with van der Waals surface area (Å²) in [7, 11) is -0.774. The minimum Gasteiger partial charge on any atom is -0.497 e. The van der Waals surface area contributed by atoms with Gasteiger partial charge >= 0.3 is 0 Å². The van der Waals surface area contributed by atoms with Crippen molar-refractivity contribution in [2.45, 2.75) is 134 Å². The average Bonchev–Trinajstić information content (AvgIpc) is 2.92. The molecule has 2 aliphatic heterocycles. The third-order valence-electron chi connectivity index (χ3n) is 8.79. The first kappa shape index (κ1) is 35.8. The van der Waals surface area contributed by atoms with Crippen molar-refractivity contribution in [2.24, 2.45) is 0 Å². The quantitative estimate of drug-likeness (QED) is 0.109. The Hall–Kier alpha value is -1.72. The third-order valence-corrected chi connectivity index (χ3v) is 15.8. The molecule has 0 unspecified atom stereocenters. The number of hydrogen-bond acceptors (Lipinski definition) is 7. The number of carbonyl (C=O) groups is 1. The minimum atomic E-state index is -2.26. The first-order valence-corrected chi connectivity index (χ1v) is 21.3. The van der Waals surface area contributed by atoms with Crippen LogP contribution in [0.1, 0.15) is 61.8 Å². The topological polar surface area (TPSA) is 75.7 Å². The number of nitrogens with zero attached hydrogens (tertiary/aromatic N) is 1. The van der Waals surface area contributed by atoms with E-state index in [-0.39, 0.29) is 31.0 Å². The summed E-state index contributed by atoms with van der Waals surface area (Å²) in [6.45, 7) is 24.3. The van der Waals surface area contributed by atoms with Crippen LogP contribution in [0.5, 0.6) is 5.75 Å². The molecule has 43 heavy (non-hydrogen) atoms. The van der Waals surface area contributed by atoms with Gasteiger partial charge in [-0.3, -0.25) is 9.69 Å². The predicted molar refractivity (Wildman–Crippen MR) is 177 cm³/mol. The number of ether oxygens (including phenoxy) is 5. The summed E-state index contributed by atoms with van der Waals surface area (Å²) in [5.41, 5.74) is 4.59. The van der Waals surface area contributed by atoms with E-state index in [1.54, 1.807) is 19.1 Å². The van der Waals surface area contributed by atoms with Gasteiger partial charge in [0.1, 0.15) is 32.3 Å². The third kappa shape index (κ3) is 7.58. The second-order valence-electron chi connectivity index (χ2n) is 14.1. The first-order valence-electron chi connectivity index (χ1n) is 15.6. The summed E-state index contributed by atoms with van der Waals surface area (Å²) in [4.78, 5) is 15.5. The molecule has 3 rings (SSSR count). The van der Waals surface area contributed by atoms with Gasteiger partial charge in [0.25, 0.3) is 5.91 Å². The number of carbonyl (C=O) groups excluding carboxylic acids is 1. The maximum absolute atomic E-state index is 13.8. The lowest BCUT2D eigenvalue weighted by Gasteiger charge is -2.54. The summed E-state index contributed by atoms with van der Waals surface area (Å²) in [5, 5.41) is 0. The van der Waals surface area contributed by atoms with E-state index in [2.05, 4.69) is 72.6 Å². The highest BCUT2D eigenvalue weighted by atomic mass is 28.4. The van der Waals surface area contributed by atoms with Crippen LogP contribution in [0.3, 0.4) is 0 Å². The first-order chi connectivity index (χ1) is 20.0. The lowest BCUT2D eigenvalue weighted by Crippen LogP contribution is -2.75. The monoisotopic (exact) mass is 633 g/mol. The van der Waals surface area contributed by atoms with Gasteiger partial charge in [-0.25, -0.2) is 0 Å². The highest BCUT2D eigenvalue weighted by molar-refractivity contribution is 6.83. The molecule has 2 aliphatic rings.